The van der Waals surface area contributed by atoms with Crippen molar-refractivity contribution in [3.05, 3.63) is 115 Å². The summed E-state index contributed by atoms with van der Waals surface area (Å²) >= 11 is 0. The molecule has 0 fully saturated rings. The predicted molar refractivity (Wildman–Crippen MR) is 217 cm³/mol. The van der Waals surface area contributed by atoms with Crippen LogP contribution in [-0.2, 0) is 32.0 Å². The SMILES string of the molecule is Cc1cc(-c2ccccc2)cc(P(=O)(O)O)c1-c1ccccc1.O=P(O)(O)c1cc(P(=O)(O)O)c(P(=O)(O)O)cc1P(=O)(O)O.O=P(O)(O)c1ccc(P(=O)(O)O)cc1. The zero-order valence-corrected chi connectivity index (χ0v) is 35.9. The molecule has 0 bridgehead atoms. The number of aryl methyl sites for hydroxylation is 1. The van der Waals surface area contributed by atoms with Gasteiger partial charge in [0.25, 0.3) is 0 Å². The molecule has 0 amide bonds. The highest BCUT2D eigenvalue weighted by Gasteiger charge is 2.39. The van der Waals surface area contributed by atoms with E-state index in [2.05, 4.69) is 0 Å². The predicted octanol–water partition coefficient (Wildman–Crippen LogP) is 0.323. The topological polar surface area (TPSA) is 403 Å². The van der Waals surface area contributed by atoms with Gasteiger partial charge in [0.05, 0.1) is 37.1 Å². The highest BCUT2D eigenvalue weighted by atomic mass is 31.2. The average molecular weight is 960 g/mol. The summed E-state index contributed by atoms with van der Waals surface area (Å²) in [5.41, 5.74) is 4.00. The molecule has 0 radical (unpaired) electrons. The van der Waals surface area contributed by atoms with Gasteiger partial charge in [-0.25, -0.2) is 0 Å². The molecule has 0 heterocycles. The van der Waals surface area contributed by atoms with Crippen LogP contribution < -0.4 is 37.1 Å². The summed E-state index contributed by atoms with van der Waals surface area (Å²) in [5, 5.41) is -6.20. The molecule has 0 saturated carbocycles. The molecule has 0 aromatic heterocycles. The van der Waals surface area contributed by atoms with Crippen LogP contribution in [0.3, 0.4) is 0 Å². The molecular formula is C31H35O21P7. The third-order valence-corrected chi connectivity index (χ3v) is 14.9. The second-order valence-corrected chi connectivity index (χ2v) is 23.1. The van der Waals surface area contributed by atoms with Crippen LogP contribution >= 0.6 is 53.2 Å². The summed E-state index contributed by atoms with van der Waals surface area (Å²) in [6.45, 7) is 1.88. The van der Waals surface area contributed by atoms with Gasteiger partial charge in [-0.15, -0.1) is 0 Å². The lowest BCUT2D eigenvalue weighted by Crippen LogP contribution is -2.37. The third kappa shape index (κ3) is 14.1. The number of rotatable bonds is 9. The number of benzene rings is 5. The Morgan fingerprint density at radius 2 is 0.593 bits per heavy atom. The zero-order valence-electron chi connectivity index (χ0n) is 29.6. The van der Waals surface area contributed by atoms with Gasteiger partial charge in [-0.3, -0.25) is 32.0 Å². The van der Waals surface area contributed by atoms with Crippen molar-refractivity contribution in [3.63, 3.8) is 0 Å². The van der Waals surface area contributed by atoms with Crippen molar-refractivity contribution in [2.24, 2.45) is 0 Å². The first-order valence-electron chi connectivity index (χ1n) is 15.6. The fourth-order valence-electron chi connectivity index (χ4n) is 5.10. The molecule has 5 aromatic carbocycles. The van der Waals surface area contributed by atoms with Crippen LogP contribution in [0.2, 0.25) is 0 Å². The lowest BCUT2D eigenvalue weighted by molar-refractivity contribution is 0.379. The third-order valence-electron chi connectivity index (χ3n) is 7.65. The molecule has 320 valence electrons. The van der Waals surface area contributed by atoms with Crippen molar-refractivity contribution in [2.75, 3.05) is 0 Å². The molecule has 59 heavy (non-hydrogen) atoms. The molecule has 5 rings (SSSR count). The molecular weight excluding hydrogens is 925 g/mol. The largest absolute Gasteiger partial charge is 0.357 e. The second kappa shape index (κ2) is 18.6. The zero-order chi connectivity index (χ0) is 45.2. The Kier molecular flexibility index (Phi) is 16.0. The molecule has 0 spiro atoms. The first-order chi connectivity index (χ1) is 26.6. The Morgan fingerprint density at radius 3 is 0.864 bits per heavy atom. The van der Waals surface area contributed by atoms with Crippen LogP contribution in [0.15, 0.2) is 109 Å². The Labute approximate surface area is 333 Å². The highest BCUT2D eigenvalue weighted by Crippen LogP contribution is 2.45. The molecule has 0 saturated heterocycles. The summed E-state index contributed by atoms with van der Waals surface area (Å²) in [6.07, 6.45) is 0. The Morgan fingerprint density at radius 1 is 0.305 bits per heavy atom. The van der Waals surface area contributed by atoms with Crippen molar-refractivity contribution in [1.82, 2.24) is 0 Å². The monoisotopic (exact) mass is 960 g/mol. The van der Waals surface area contributed by atoms with E-state index in [1.165, 1.54) is 0 Å². The maximum Gasteiger partial charge on any atom is 0.357 e. The minimum Gasteiger partial charge on any atom is -0.321 e. The maximum absolute atomic E-state index is 12.1. The Bertz CT molecular complexity index is 2480. The van der Waals surface area contributed by atoms with E-state index in [-0.39, 0.29) is 28.0 Å². The fourth-order valence-corrected chi connectivity index (χ4v) is 11.5. The van der Waals surface area contributed by atoms with E-state index in [1.54, 1.807) is 6.07 Å². The molecule has 0 aliphatic heterocycles. The molecule has 0 aliphatic carbocycles. The van der Waals surface area contributed by atoms with Crippen molar-refractivity contribution in [1.29, 1.82) is 0 Å². The van der Waals surface area contributed by atoms with E-state index >= 15 is 0 Å². The van der Waals surface area contributed by atoms with Crippen LogP contribution in [0.5, 0.6) is 0 Å². The van der Waals surface area contributed by atoms with Gasteiger partial charge in [-0.2, -0.15) is 0 Å². The summed E-state index contributed by atoms with van der Waals surface area (Å²) in [4.78, 5) is 127. The Balaban J connectivity index is 0.000000244. The molecule has 0 aliphatic rings. The van der Waals surface area contributed by atoms with Gasteiger partial charge in [0.1, 0.15) is 0 Å². The summed E-state index contributed by atoms with van der Waals surface area (Å²) in [6, 6.07) is 26.5. The van der Waals surface area contributed by atoms with Crippen molar-refractivity contribution in [2.45, 2.75) is 6.92 Å². The van der Waals surface area contributed by atoms with Crippen LogP contribution in [0, 0.1) is 6.92 Å². The molecule has 28 heteroatoms. The van der Waals surface area contributed by atoms with Gasteiger partial charge < -0.3 is 68.5 Å². The van der Waals surface area contributed by atoms with E-state index in [0.717, 1.165) is 46.5 Å². The fraction of sp³-hybridized carbons (Fsp3) is 0.0323. The van der Waals surface area contributed by atoms with Crippen molar-refractivity contribution >= 4 is 90.3 Å². The lowest BCUT2D eigenvalue weighted by atomic mass is 9.95. The Hall–Kier alpha value is -2.85. The second-order valence-electron chi connectivity index (χ2n) is 12.1. The standard InChI is InChI=1S/C19H17O3P.C6H10O12P4.C6H8O6P2/c1-14-12-17(15-8-4-2-5-9-15)13-18(23(20,21)22)19(14)16-10-6-3-7-11-16;7-19(8,9)3-1-4(20(10,11)12)6(22(16,17)18)2-5(3)21(13,14)15;7-13(8,9)5-1-2-6(4-3-5)14(10,11)12/h2-13H,1H3,(H2,20,21,22);1-2H,(H2,7,8,9)(H2,10,11,12)(H2,13,14,15)(H2,16,17,18);1-4H,(H2,7,8,9)(H2,10,11,12). The van der Waals surface area contributed by atoms with E-state index in [9.17, 15) is 41.7 Å². The van der Waals surface area contributed by atoms with Crippen LogP contribution in [0.4, 0.5) is 0 Å². The van der Waals surface area contributed by atoms with Crippen LogP contribution in [-0.4, -0.2) is 68.5 Å². The average Bonchev–Trinajstić information content (AvgIpc) is 3.09. The molecule has 14 N–H and O–H groups in total. The van der Waals surface area contributed by atoms with E-state index in [1.807, 2.05) is 73.7 Å². The van der Waals surface area contributed by atoms with Gasteiger partial charge in [0, 0.05) is 5.56 Å². The van der Waals surface area contributed by atoms with Gasteiger partial charge >= 0.3 is 53.2 Å². The first-order valence-corrected chi connectivity index (χ1v) is 26.9. The van der Waals surface area contributed by atoms with Gasteiger partial charge in [0.2, 0.25) is 0 Å². The van der Waals surface area contributed by atoms with Gasteiger partial charge in [0.15, 0.2) is 0 Å². The molecule has 0 atom stereocenters. The van der Waals surface area contributed by atoms with Crippen LogP contribution in [0.1, 0.15) is 5.56 Å². The first kappa shape index (κ1) is 50.5. The number of hydrogen-bond acceptors (Lipinski definition) is 7. The highest BCUT2D eigenvalue weighted by molar-refractivity contribution is 7.69. The van der Waals surface area contributed by atoms with Gasteiger partial charge in [-0.1, -0.05) is 66.7 Å². The quantitative estimate of drug-likeness (QED) is 0.0885. The summed E-state index contributed by atoms with van der Waals surface area (Å²) in [7, 11) is -34.7. The summed E-state index contributed by atoms with van der Waals surface area (Å²) in [5.74, 6) is 0. The molecule has 21 nitrogen and oxygen atoms in total. The van der Waals surface area contributed by atoms with E-state index < -0.39 is 74.4 Å². The minimum absolute atomic E-state index is 0.00952. The molecule has 5 aromatic rings. The molecule has 0 unspecified atom stereocenters. The minimum atomic E-state index is -5.41. The smallest absolute Gasteiger partial charge is 0.321 e. The van der Waals surface area contributed by atoms with Crippen molar-refractivity contribution < 1.29 is 100 Å². The lowest BCUT2D eigenvalue weighted by Gasteiger charge is -2.18. The van der Waals surface area contributed by atoms with Gasteiger partial charge in [-0.05, 0) is 71.6 Å². The maximum atomic E-state index is 12.1. The van der Waals surface area contributed by atoms with Crippen LogP contribution in [0.25, 0.3) is 22.3 Å². The normalized spacial score (nSPS) is 12.8. The number of hydrogen-bond donors (Lipinski definition) is 14. The summed E-state index contributed by atoms with van der Waals surface area (Å²) < 4.78 is 78.4. The van der Waals surface area contributed by atoms with E-state index in [0.29, 0.717) is 5.56 Å². The van der Waals surface area contributed by atoms with Crippen molar-refractivity contribution in [3.8, 4) is 22.3 Å². The van der Waals surface area contributed by atoms with E-state index in [4.69, 9.17) is 58.7 Å².